The van der Waals surface area contributed by atoms with Gasteiger partial charge in [-0.05, 0) is 36.4 Å². The van der Waals surface area contributed by atoms with Gasteiger partial charge < -0.3 is 4.42 Å². The highest BCUT2D eigenvalue weighted by Gasteiger charge is 2.10. The maximum absolute atomic E-state index is 11.8. The molecule has 0 bridgehead atoms. The summed E-state index contributed by atoms with van der Waals surface area (Å²) in [6, 6.07) is 7.82. The Morgan fingerprint density at radius 2 is 1.95 bits per heavy atom. The second kappa shape index (κ2) is 6.97. The van der Waals surface area contributed by atoms with E-state index in [1.807, 2.05) is 0 Å². The van der Waals surface area contributed by atoms with Crippen LogP contribution in [-0.2, 0) is 4.79 Å². The van der Waals surface area contributed by atoms with Crippen LogP contribution in [0, 0.1) is 0 Å². The van der Waals surface area contributed by atoms with E-state index in [0.717, 1.165) is 0 Å². The zero-order valence-electron chi connectivity index (χ0n) is 10.6. The maximum atomic E-state index is 11.8. The molecule has 0 radical (unpaired) electrons. The summed E-state index contributed by atoms with van der Waals surface area (Å²) in [6.45, 7) is 0. The molecule has 7 heteroatoms. The first kappa shape index (κ1) is 15.2. The fraction of sp³-hybridized carbons (Fsp3) is 0. The summed E-state index contributed by atoms with van der Waals surface area (Å²) in [5.41, 5.74) is 4.67. The van der Waals surface area contributed by atoms with E-state index in [1.54, 1.807) is 12.1 Å². The summed E-state index contributed by atoms with van der Waals surface area (Å²) in [5, 5.41) is 0.613. The summed E-state index contributed by atoms with van der Waals surface area (Å²) in [5.74, 6) is -0.529. The number of rotatable bonds is 3. The molecule has 0 saturated heterocycles. The van der Waals surface area contributed by atoms with Crippen LogP contribution in [0.5, 0.6) is 0 Å². The molecule has 2 aromatic rings. The molecule has 21 heavy (non-hydrogen) atoms. The fourth-order valence-electron chi connectivity index (χ4n) is 1.44. The first-order valence-corrected chi connectivity index (χ1v) is 6.59. The van der Waals surface area contributed by atoms with E-state index < -0.39 is 11.8 Å². The van der Waals surface area contributed by atoms with Gasteiger partial charge in [0.15, 0.2) is 0 Å². The predicted octanol–water partition coefficient (Wildman–Crippen LogP) is 3.06. The summed E-state index contributed by atoms with van der Waals surface area (Å²) in [4.78, 5) is 23.3. The van der Waals surface area contributed by atoms with Gasteiger partial charge in [-0.3, -0.25) is 20.4 Å². The molecule has 0 fully saturated rings. The fourth-order valence-corrected chi connectivity index (χ4v) is 1.94. The number of furan rings is 1. The van der Waals surface area contributed by atoms with E-state index in [-0.39, 0.29) is 10.6 Å². The highest BCUT2D eigenvalue weighted by atomic mass is 35.5. The molecule has 0 spiro atoms. The van der Waals surface area contributed by atoms with E-state index in [2.05, 4.69) is 10.9 Å². The number of amides is 2. The molecule has 0 aliphatic heterocycles. The standard InChI is InChI=1S/C14H10Cl2N2O3/c15-9-3-5-11(12(16)8-9)14(20)18-17-13(19)6-4-10-2-1-7-21-10/h1-8H,(H,17,19)(H,18,20). The number of benzene rings is 1. The molecule has 2 amide bonds. The monoisotopic (exact) mass is 324 g/mol. The minimum absolute atomic E-state index is 0.195. The largest absolute Gasteiger partial charge is 0.465 e. The highest BCUT2D eigenvalue weighted by Crippen LogP contribution is 2.20. The zero-order chi connectivity index (χ0) is 15.2. The Morgan fingerprint density at radius 1 is 1.14 bits per heavy atom. The molecule has 0 saturated carbocycles. The van der Waals surface area contributed by atoms with Gasteiger partial charge in [-0.1, -0.05) is 23.2 Å². The average molecular weight is 325 g/mol. The molecule has 5 nitrogen and oxygen atoms in total. The van der Waals surface area contributed by atoms with Gasteiger partial charge in [-0.2, -0.15) is 0 Å². The van der Waals surface area contributed by atoms with Gasteiger partial charge in [0.2, 0.25) is 0 Å². The molecular weight excluding hydrogens is 315 g/mol. The molecular formula is C14H10Cl2N2O3. The van der Waals surface area contributed by atoms with E-state index in [4.69, 9.17) is 27.6 Å². The third-order valence-electron chi connectivity index (χ3n) is 2.42. The van der Waals surface area contributed by atoms with E-state index >= 15 is 0 Å². The van der Waals surface area contributed by atoms with Crippen molar-refractivity contribution in [2.45, 2.75) is 0 Å². The number of hydrogen-bond donors (Lipinski definition) is 2. The van der Waals surface area contributed by atoms with Crippen molar-refractivity contribution in [2.75, 3.05) is 0 Å². The lowest BCUT2D eigenvalue weighted by atomic mass is 10.2. The second-order valence-electron chi connectivity index (χ2n) is 3.92. The van der Waals surface area contributed by atoms with Gasteiger partial charge in [0.25, 0.3) is 11.8 Å². The number of nitrogens with one attached hydrogen (secondary N) is 2. The van der Waals surface area contributed by atoms with Gasteiger partial charge in [0.1, 0.15) is 5.76 Å². The van der Waals surface area contributed by atoms with Gasteiger partial charge >= 0.3 is 0 Å². The molecule has 108 valence electrons. The molecule has 2 rings (SSSR count). The predicted molar refractivity (Wildman–Crippen MR) is 79.8 cm³/mol. The molecule has 1 heterocycles. The van der Waals surface area contributed by atoms with Crippen LogP contribution in [0.3, 0.4) is 0 Å². The van der Waals surface area contributed by atoms with Crippen molar-refractivity contribution in [1.29, 1.82) is 0 Å². The summed E-state index contributed by atoms with van der Waals surface area (Å²) in [6.07, 6.45) is 4.18. The van der Waals surface area contributed by atoms with Crippen LogP contribution in [0.1, 0.15) is 16.1 Å². The van der Waals surface area contributed by atoms with Crippen molar-refractivity contribution >= 4 is 41.1 Å². The lowest BCUT2D eigenvalue weighted by molar-refractivity contribution is -0.117. The van der Waals surface area contributed by atoms with Crippen LogP contribution < -0.4 is 10.9 Å². The molecule has 0 atom stereocenters. The lowest BCUT2D eigenvalue weighted by Gasteiger charge is -2.06. The lowest BCUT2D eigenvalue weighted by Crippen LogP contribution is -2.40. The van der Waals surface area contributed by atoms with Crippen molar-refractivity contribution in [3.63, 3.8) is 0 Å². The second-order valence-corrected chi connectivity index (χ2v) is 4.76. The first-order chi connectivity index (χ1) is 10.1. The van der Waals surface area contributed by atoms with E-state index in [9.17, 15) is 9.59 Å². The Balaban J connectivity index is 1.90. The number of carbonyl (C=O) groups is 2. The topological polar surface area (TPSA) is 71.3 Å². The van der Waals surface area contributed by atoms with Crippen LogP contribution in [-0.4, -0.2) is 11.8 Å². The van der Waals surface area contributed by atoms with E-state index in [0.29, 0.717) is 10.8 Å². The number of hydrazine groups is 1. The van der Waals surface area contributed by atoms with Crippen molar-refractivity contribution < 1.29 is 14.0 Å². The summed E-state index contributed by atoms with van der Waals surface area (Å²) >= 11 is 11.6. The summed E-state index contributed by atoms with van der Waals surface area (Å²) in [7, 11) is 0. The third-order valence-corrected chi connectivity index (χ3v) is 2.96. The first-order valence-electron chi connectivity index (χ1n) is 5.83. The summed E-state index contributed by atoms with van der Waals surface area (Å²) < 4.78 is 5.02. The van der Waals surface area contributed by atoms with E-state index in [1.165, 1.54) is 36.6 Å². The smallest absolute Gasteiger partial charge is 0.271 e. The van der Waals surface area contributed by atoms with Crippen LogP contribution in [0.2, 0.25) is 10.0 Å². The molecule has 0 aliphatic carbocycles. The Bertz CT molecular complexity index is 682. The number of halogens is 2. The van der Waals surface area contributed by atoms with Crippen LogP contribution in [0.4, 0.5) is 0 Å². The average Bonchev–Trinajstić information content (AvgIpc) is 2.95. The van der Waals surface area contributed by atoms with Gasteiger partial charge in [0, 0.05) is 11.1 Å². The minimum atomic E-state index is -0.545. The number of carbonyl (C=O) groups excluding carboxylic acids is 2. The van der Waals surface area contributed by atoms with Gasteiger partial charge in [-0.25, -0.2) is 0 Å². The molecule has 0 unspecified atom stereocenters. The Hall–Kier alpha value is -2.24. The molecule has 1 aromatic heterocycles. The molecule has 2 N–H and O–H groups in total. The Morgan fingerprint density at radius 3 is 2.62 bits per heavy atom. The quantitative estimate of drug-likeness (QED) is 0.673. The van der Waals surface area contributed by atoms with Crippen LogP contribution >= 0.6 is 23.2 Å². The Kier molecular flexibility index (Phi) is 5.03. The number of hydrogen-bond acceptors (Lipinski definition) is 3. The van der Waals surface area contributed by atoms with Crippen molar-refractivity contribution in [1.82, 2.24) is 10.9 Å². The van der Waals surface area contributed by atoms with Crippen molar-refractivity contribution in [2.24, 2.45) is 0 Å². The minimum Gasteiger partial charge on any atom is -0.465 e. The van der Waals surface area contributed by atoms with Crippen LogP contribution in [0.15, 0.2) is 47.1 Å². The zero-order valence-corrected chi connectivity index (χ0v) is 12.1. The van der Waals surface area contributed by atoms with Crippen molar-refractivity contribution in [3.8, 4) is 0 Å². The molecule has 1 aromatic carbocycles. The maximum Gasteiger partial charge on any atom is 0.271 e. The van der Waals surface area contributed by atoms with Gasteiger partial charge in [0.05, 0.1) is 16.8 Å². The van der Waals surface area contributed by atoms with Crippen LogP contribution in [0.25, 0.3) is 6.08 Å². The third kappa shape index (κ3) is 4.37. The molecule has 0 aliphatic rings. The Labute approximate surface area is 130 Å². The SMILES string of the molecule is O=C(C=Cc1ccco1)NNC(=O)c1ccc(Cl)cc1Cl. The van der Waals surface area contributed by atoms with Crippen molar-refractivity contribution in [3.05, 3.63) is 64.0 Å². The van der Waals surface area contributed by atoms with Gasteiger partial charge in [-0.15, -0.1) is 0 Å². The highest BCUT2D eigenvalue weighted by molar-refractivity contribution is 6.36. The normalized spacial score (nSPS) is 10.6.